The number of rotatable bonds is 2. The minimum atomic E-state index is -0.0510. The number of fused-ring (bicyclic) bond motifs is 1. The highest BCUT2D eigenvalue weighted by molar-refractivity contribution is 5.92. The van der Waals surface area contributed by atoms with Crippen LogP contribution in [0.2, 0.25) is 0 Å². The van der Waals surface area contributed by atoms with Crippen LogP contribution in [0.5, 0.6) is 0 Å². The van der Waals surface area contributed by atoms with E-state index in [0.29, 0.717) is 29.6 Å². The molecule has 4 nitrogen and oxygen atoms in total. The summed E-state index contributed by atoms with van der Waals surface area (Å²) < 4.78 is 0. The lowest BCUT2D eigenvalue weighted by Crippen LogP contribution is -2.34. The number of nitrogens with one attached hydrogen (secondary N) is 1. The van der Waals surface area contributed by atoms with Crippen LogP contribution in [0, 0.1) is 11.8 Å². The molecule has 0 bridgehead atoms. The predicted molar refractivity (Wildman–Crippen MR) is 68.9 cm³/mol. The molecule has 2 fully saturated rings. The first kappa shape index (κ1) is 11.7. The van der Waals surface area contributed by atoms with Gasteiger partial charge >= 0.3 is 0 Å². The van der Waals surface area contributed by atoms with E-state index in [1.165, 1.54) is 0 Å². The van der Waals surface area contributed by atoms with Crippen LogP contribution in [0.15, 0.2) is 24.4 Å². The van der Waals surface area contributed by atoms with E-state index < -0.39 is 0 Å². The highest BCUT2D eigenvalue weighted by atomic mass is 16.1. The smallest absolute Gasteiger partial charge is 0.270 e. The van der Waals surface area contributed by atoms with Crippen molar-refractivity contribution in [3.63, 3.8) is 0 Å². The van der Waals surface area contributed by atoms with E-state index in [9.17, 15) is 4.79 Å². The first-order chi connectivity index (χ1) is 8.72. The van der Waals surface area contributed by atoms with Crippen molar-refractivity contribution in [1.29, 1.82) is 0 Å². The van der Waals surface area contributed by atoms with Crippen molar-refractivity contribution in [2.45, 2.75) is 37.8 Å². The summed E-state index contributed by atoms with van der Waals surface area (Å²) in [5, 5.41) is 3.10. The fourth-order valence-electron chi connectivity index (χ4n) is 3.54. The normalized spacial score (nSPS) is 34.3. The molecule has 2 aliphatic carbocycles. The summed E-state index contributed by atoms with van der Waals surface area (Å²) >= 11 is 0. The van der Waals surface area contributed by atoms with Gasteiger partial charge in [0, 0.05) is 18.3 Å². The Labute approximate surface area is 107 Å². The topological polar surface area (TPSA) is 68.0 Å². The summed E-state index contributed by atoms with van der Waals surface area (Å²) in [7, 11) is 0. The van der Waals surface area contributed by atoms with E-state index in [1.54, 1.807) is 12.3 Å². The number of amides is 1. The summed E-state index contributed by atoms with van der Waals surface area (Å²) in [6, 6.07) is 6.10. The molecule has 1 aromatic rings. The van der Waals surface area contributed by atoms with E-state index in [4.69, 9.17) is 5.73 Å². The molecule has 3 rings (SSSR count). The van der Waals surface area contributed by atoms with Crippen LogP contribution in [0.1, 0.15) is 36.2 Å². The van der Waals surface area contributed by atoms with Crippen LogP contribution in [0.25, 0.3) is 0 Å². The Morgan fingerprint density at radius 3 is 2.56 bits per heavy atom. The Balaban J connectivity index is 1.58. The molecule has 1 aromatic heterocycles. The third kappa shape index (κ3) is 2.25. The first-order valence-electron chi connectivity index (χ1n) is 6.70. The quantitative estimate of drug-likeness (QED) is 0.826. The van der Waals surface area contributed by atoms with Gasteiger partial charge < -0.3 is 11.1 Å². The van der Waals surface area contributed by atoms with Gasteiger partial charge in [-0.3, -0.25) is 9.78 Å². The van der Waals surface area contributed by atoms with Gasteiger partial charge in [0.25, 0.3) is 5.91 Å². The van der Waals surface area contributed by atoms with Crippen molar-refractivity contribution >= 4 is 5.91 Å². The summed E-state index contributed by atoms with van der Waals surface area (Å²) in [5.74, 6) is 1.38. The van der Waals surface area contributed by atoms with Gasteiger partial charge in [-0.05, 0) is 49.7 Å². The van der Waals surface area contributed by atoms with Gasteiger partial charge in [0.1, 0.15) is 5.69 Å². The van der Waals surface area contributed by atoms with E-state index in [2.05, 4.69) is 10.3 Å². The van der Waals surface area contributed by atoms with Gasteiger partial charge in [-0.1, -0.05) is 6.07 Å². The second-order valence-electron chi connectivity index (χ2n) is 5.61. The maximum absolute atomic E-state index is 12.0. The number of carbonyl (C=O) groups is 1. The predicted octanol–water partition coefficient (Wildman–Crippen LogP) is 1.33. The second-order valence-corrected chi connectivity index (χ2v) is 5.61. The first-order valence-corrected chi connectivity index (χ1v) is 6.70. The Bertz CT molecular complexity index is 420. The number of nitrogens with zero attached hydrogens (tertiary/aromatic N) is 1. The number of hydrogen-bond donors (Lipinski definition) is 2. The molecule has 0 radical (unpaired) electrons. The Hall–Kier alpha value is -1.42. The van der Waals surface area contributed by atoms with Gasteiger partial charge in [-0.25, -0.2) is 0 Å². The van der Waals surface area contributed by atoms with E-state index in [-0.39, 0.29) is 5.91 Å². The summed E-state index contributed by atoms with van der Waals surface area (Å²) in [4.78, 5) is 16.1. The average molecular weight is 245 g/mol. The minimum absolute atomic E-state index is 0.0510. The lowest BCUT2D eigenvalue weighted by molar-refractivity contribution is 0.0931. The molecule has 3 N–H and O–H groups in total. The summed E-state index contributed by atoms with van der Waals surface area (Å²) in [6.07, 6.45) is 6.06. The molecule has 0 aromatic carbocycles. The summed E-state index contributed by atoms with van der Waals surface area (Å²) in [6.45, 7) is 0. The zero-order chi connectivity index (χ0) is 12.5. The molecule has 2 atom stereocenters. The van der Waals surface area contributed by atoms with Crippen molar-refractivity contribution < 1.29 is 4.79 Å². The number of carbonyl (C=O) groups excluding carboxylic acids is 1. The van der Waals surface area contributed by atoms with Crippen molar-refractivity contribution in [3.05, 3.63) is 30.1 Å². The maximum Gasteiger partial charge on any atom is 0.270 e. The van der Waals surface area contributed by atoms with Crippen LogP contribution in [0.4, 0.5) is 0 Å². The zero-order valence-electron chi connectivity index (χ0n) is 10.4. The fraction of sp³-hybridized carbons (Fsp3) is 0.571. The molecule has 2 unspecified atom stereocenters. The van der Waals surface area contributed by atoms with Crippen molar-refractivity contribution in [3.8, 4) is 0 Å². The van der Waals surface area contributed by atoms with Crippen LogP contribution in [-0.4, -0.2) is 23.0 Å². The molecule has 1 amide bonds. The van der Waals surface area contributed by atoms with Gasteiger partial charge in [0.15, 0.2) is 0 Å². The molecule has 0 spiro atoms. The SMILES string of the molecule is NC1CC2CC(NC(=O)c3ccccn3)CC2C1. The van der Waals surface area contributed by atoms with Gasteiger partial charge in [-0.15, -0.1) is 0 Å². The van der Waals surface area contributed by atoms with Crippen molar-refractivity contribution in [1.82, 2.24) is 10.3 Å². The second kappa shape index (κ2) is 4.69. The molecule has 1 heterocycles. The van der Waals surface area contributed by atoms with Crippen LogP contribution >= 0.6 is 0 Å². The largest absolute Gasteiger partial charge is 0.348 e. The standard InChI is InChI=1S/C14H19N3O/c15-11-5-9-7-12(8-10(9)6-11)17-14(18)13-3-1-2-4-16-13/h1-4,9-12H,5-8,15H2,(H,17,18). The number of hydrogen-bond acceptors (Lipinski definition) is 3. The molecule has 4 heteroatoms. The molecule has 2 saturated carbocycles. The molecule has 96 valence electrons. The van der Waals surface area contributed by atoms with Crippen LogP contribution < -0.4 is 11.1 Å². The Morgan fingerprint density at radius 1 is 1.22 bits per heavy atom. The number of pyridine rings is 1. The van der Waals surface area contributed by atoms with Crippen LogP contribution in [0.3, 0.4) is 0 Å². The molecule has 2 aliphatic rings. The van der Waals surface area contributed by atoms with Crippen molar-refractivity contribution in [2.24, 2.45) is 17.6 Å². The molecule has 0 saturated heterocycles. The minimum Gasteiger partial charge on any atom is -0.348 e. The van der Waals surface area contributed by atoms with Gasteiger partial charge in [0.2, 0.25) is 0 Å². The third-order valence-corrected chi connectivity index (χ3v) is 4.28. The lowest BCUT2D eigenvalue weighted by Gasteiger charge is -2.14. The molecular formula is C14H19N3O. The average Bonchev–Trinajstić information content (AvgIpc) is 2.86. The highest BCUT2D eigenvalue weighted by Gasteiger charge is 2.40. The Morgan fingerprint density at radius 2 is 1.94 bits per heavy atom. The van der Waals surface area contributed by atoms with E-state index in [0.717, 1.165) is 25.7 Å². The lowest BCUT2D eigenvalue weighted by atomic mass is 10.0. The fourth-order valence-corrected chi connectivity index (χ4v) is 3.54. The maximum atomic E-state index is 12.0. The molecule has 18 heavy (non-hydrogen) atoms. The number of aromatic nitrogens is 1. The van der Waals surface area contributed by atoms with Crippen LogP contribution in [-0.2, 0) is 0 Å². The van der Waals surface area contributed by atoms with E-state index in [1.807, 2.05) is 12.1 Å². The number of nitrogens with two attached hydrogens (primary N) is 1. The zero-order valence-corrected chi connectivity index (χ0v) is 10.4. The van der Waals surface area contributed by atoms with E-state index >= 15 is 0 Å². The Kier molecular flexibility index (Phi) is 3.04. The van der Waals surface area contributed by atoms with Gasteiger partial charge in [-0.2, -0.15) is 0 Å². The van der Waals surface area contributed by atoms with Gasteiger partial charge in [0.05, 0.1) is 0 Å². The monoisotopic (exact) mass is 245 g/mol. The third-order valence-electron chi connectivity index (χ3n) is 4.28. The molecule has 0 aliphatic heterocycles. The van der Waals surface area contributed by atoms with Crippen molar-refractivity contribution in [2.75, 3.05) is 0 Å². The molecular weight excluding hydrogens is 226 g/mol. The summed E-state index contributed by atoms with van der Waals surface area (Å²) in [5.41, 5.74) is 6.47. The highest BCUT2D eigenvalue weighted by Crippen LogP contribution is 2.43.